The van der Waals surface area contributed by atoms with Crippen LogP contribution in [0.2, 0.25) is 5.02 Å². The molecule has 0 spiro atoms. The fourth-order valence-electron chi connectivity index (χ4n) is 2.70. The summed E-state index contributed by atoms with van der Waals surface area (Å²) in [6, 6.07) is 9.59. The van der Waals surface area contributed by atoms with E-state index < -0.39 is 41.6 Å². The monoisotopic (exact) mass is 471 g/mol. The summed E-state index contributed by atoms with van der Waals surface area (Å²) in [6.45, 7) is -0.390. The molecule has 1 amide bonds. The second kappa shape index (κ2) is 8.96. The summed E-state index contributed by atoms with van der Waals surface area (Å²) in [5, 5.41) is 6.17. The van der Waals surface area contributed by atoms with Crippen molar-refractivity contribution in [3.63, 3.8) is 0 Å². The van der Waals surface area contributed by atoms with Gasteiger partial charge in [0.25, 0.3) is 5.91 Å². The molecule has 0 bridgehead atoms. The van der Waals surface area contributed by atoms with E-state index in [0.717, 1.165) is 18.3 Å². The summed E-state index contributed by atoms with van der Waals surface area (Å²) >= 11 is 5.75. The van der Waals surface area contributed by atoms with Gasteiger partial charge in [-0.1, -0.05) is 29.5 Å². The highest BCUT2D eigenvalue weighted by Crippen LogP contribution is 2.34. The average Bonchev–Trinajstić information content (AvgIpc) is 3.17. The molecule has 0 fully saturated rings. The quantitative estimate of drug-likeness (QED) is 0.414. The lowest BCUT2D eigenvalue weighted by molar-refractivity contribution is -0.143. The van der Waals surface area contributed by atoms with Crippen molar-refractivity contribution in [3.8, 4) is 17.5 Å². The number of halogens is 7. The van der Waals surface area contributed by atoms with Gasteiger partial charge in [0, 0.05) is 10.6 Å². The van der Waals surface area contributed by atoms with E-state index in [4.69, 9.17) is 11.6 Å². The second-order valence-electron chi connectivity index (χ2n) is 6.36. The molecule has 4 nitrogen and oxygen atoms in total. The highest BCUT2D eigenvalue weighted by molar-refractivity contribution is 6.30. The van der Waals surface area contributed by atoms with E-state index >= 15 is 0 Å². The van der Waals surface area contributed by atoms with E-state index in [9.17, 15) is 31.1 Å². The van der Waals surface area contributed by atoms with Crippen molar-refractivity contribution in [2.24, 2.45) is 0 Å². The zero-order valence-corrected chi connectivity index (χ0v) is 16.6. The first-order valence-corrected chi connectivity index (χ1v) is 9.20. The highest BCUT2D eigenvalue weighted by atomic mass is 35.5. The van der Waals surface area contributed by atoms with Gasteiger partial charge in [-0.15, -0.1) is 0 Å². The van der Waals surface area contributed by atoms with Gasteiger partial charge in [-0.05, 0) is 42.5 Å². The van der Waals surface area contributed by atoms with Gasteiger partial charge in [-0.2, -0.15) is 31.4 Å². The van der Waals surface area contributed by atoms with Gasteiger partial charge >= 0.3 is 12.4 Å². The molecule has 2 aromatic carbocycles. The molecule has 0 radical (unpaired) electrons. The van der Waals surface area contributed by atoms with Crippen LogP contribution < -0.4 is 5.32 Å². The van der Waals surface area contributed by atoms with Crippen LogP contribution in [0.5, 0.6) is 0 Å². The Bertz CT molecular complexity index is 1190. The number of alkyl halides is 6. The van der Waals surface area contributed by atoms with E-state index in [1.165, 1.54) is 36.4 Å². The molecule has 0 unspecified atom stereocenters. The lowest BCUT2D eigenvalue weighted by Gasteiger charge is -2.12. The standard InChI is InChI=1S/C21H12ClF6N3O/c22-15-6-8-16(9-7-15)31-18(21(26,27)28)17(12-30-31)19(32)29-10-2-4-13-3-1-5-14(11-13)20(23,24)25/h1,3,5-9,11-12H,10H2,(H,29,32). The summed E-state index contributed by atoms with van der Waals surface area (Å²) in [5.74, 6) is 3.75. The van der Waals surface area contributed by atoms with Crippen LogP contribution in [0.1, 0.15) is 27.2 Å². The molecule has 0 atom stereocenters. The predicted molar refractivity (Wildman–Crippen MR) is 104 cm³/mol. The number of benzene rings is 2. The van der Waals surface area contributed by atoms with Gasteiger partial charge < -0.3 is 5.32 Å². The van der Waals surface area contributed by atoms with E-state index in [2.05, 4.69) is 22.3 Å². The first kappa shape index (κ1) is 23.2. The molecule has 0 saturated carbocycles. The lowest BCUT2D eigenvalue weighted by Crippen LogP contribution is -2.27. The summed E-state index contributed by atoms with van der Waals surface area (Å²) in [7, 11) is 0. The zero-order valence-electron chi connectivity index (χ0n) is 15.9. The molecule has 1 aromatic heterocycles. The van der Waals surface area contributed by atoms with Crippen molar-refractivity contribution >= 4 is 17.5 Å². The minimum atomic E-state index is -4.90. The minimum absolute atomic E-state index is 0.0422. The Hall–Kier alpha value is -3.45. The fraction of sp³-hybridized carbons (Fsp3) is 0.143. The number of carbonyl (C=O) groups excluding carboxylic acids is 1. The van der Waals surface area contributed by atoms with E-state index in [-0.39, 0.29) is 11.3 Å². The maximum Gasteiger partial charge on any atom is 0.434 e. The summed E-state index contributed by atoms with van der Waals surface area (Å²) < 4.78 is 79.6. The normalized spacial score (nSPS) is 11.6. The zero-order chi connectivity index (χ0) is 23.5. The topological polar surface area (TPSA) is 46.9 Å². The maximum absolute atomic E-state index is 13.6. The van der Waals surface area contributed by atoms with Gasteiger partial charge in [0.1, 0.15) is 0 Å². The third-order valence-electron chi connectivity index (χ3n) is 4.11. The van der Waals surface area contributed by atoms with E-state index in [0.29, 0.717) is 9.70 Å². The van der Waals surface area contributed by atoms with Gasteiger partial charge in [0.05, 0.1) is 29.6 Å². The molecular weight excluding hydrogens is 460 g/mol. The molecule has 166 valence electrons. The van der Waals surface area contributed by atoms with Crippen LogP contribution in [0.4, 0.5) is 26.3 Å². The van der Waals surface area contributed by atoms with Crippen molar-refractivity contribution in [2.45, 2.75) is 12.4 Å². The van der Waals surface area contributed by atoms with E-state index in [1.807, 2.05) is 0 Å². The van der Waals surface area contributed by atoms with Crippen LogP contribution in [-0.2, 0) is 12.4 Å². The van der Waals surface area contributed by atoms with Gasteiger partial charge in [-0.25, -0.2) is 4.68 Å². The maximum atomic E-state index is 13.6. The first-order valence-electron chi connectivity index (χ1n) is 8.82. The molecule has 0 saturated heterocycles. The first-order chi connectivity index (χ1) is 15.0. The lowest BCUT2D eigenvalue weighted by atomic mass is 10.1. The number of hydrogen-bond acceptors (Lipinski definition) is 2. The predicted octanol–water partition coefficient (Wildman–Crippen LogP) is 5.34. The van der Waals surface area contributed by atoms with Gasteiger partial charge in [0.15, 0.2) is 5.69 Å². The average molecular weight is 472 g/mol. The molecular formula is C21H12ClF6N3O. The molecule has 32 heavy (non-hydrogen) atoms. The molecule has 1 N–H and O–H groups in total. The SMILES string of the molecule is O=C(NCC#Cc1cccc(C(F)(F)F)c1)c1cnn(-c2ccc(Cl)cc2)c1C(F)(F)F. The molecule has 3 aromatic rings. The largest absolute Gasteiger partial charge is 0.434 e. The van der Waals surface area contributed by atoms with E-state index in [1.54, 1.807) is 0 Å². The second-order valence-corrected chi connectivity index (χ2v) is 6.79. The Labute approximate surface area is 182 Å². The van der Waals surface area contributed by atoms with Crippen LogP contribution in [0.25, 0.3) is 5.69 Å². The molecule has 0 aliphatic carbocycles. The number of nitrogens with zero attached hydrogens (tertiary/aromatic N) is 2. The molecule has 11 heteroatoms. The minimum Gasteiger partial charge on any atom is -0.341 e. The summed E-state index contributed by atoms with van der Waals surface area (Å²) in [4.78, 5) is 12.3. The molecule has 3 rings (SSSR count). The molecule has 0 aliphatic rings. The number of aromatic nitrogens is 2. The summed E-state index contributed by atoms with van der Waals surface area (Å²) in [5.41, 5.74) is -2.82. The number of rotatable bonds is 3. The Kier molecular flexibility index (Phi) is 6.50. The fourth-order valence-corrected chi connectivity index (χ4v) is 2.83. The molecule has 0 aliphatic heterocycles. The number of hydrogen-bond donors (Lipinski definition) is 1. The van der Waals surface area contributed by atoms with Crippen LogP contribution >= 0.6 is 11.6 Å². The third-order valence-corrected chi connectivity index (χ3v) is 4.37. The highest BCUT2D eigenvalue weighted by Gasteiger charge is 2.40. The van der Waals surface area contributed by atoms with Crippen LogP contribution in [0.3, 0.4) is 0 Å². The Morgan fingerprint density at radius 1 is 1.03 bits per heavy atom. The van der Waals surface area contributed by atoms with Crippen LogP contribution in [-0.4, -0.2) is 22.2 Å². The van der Waals surface area contributed by atoms with Gasteiger partial charge in [-0.3, -0.25) is 4.79 Å². The Morgan fingerprint density at radius 3 is 2.34 bits per heavy atom. The van der Waals surface area contributed by atoms with Crippen molar-refractivity contribution in [3.05, 3.63) is 82.1 Å². The van der Waals surface area contributed by atoms with Crippen molar-refractivity contribution < 1.29 is 31.1 Å². The third kappa shape index (κ3) is 5.42. The Morgan fingerprint density at radius 2 is 1.72 bits per heavy atom. The van der Waals surface area contributed by atoms with Crippen molar-refractivity contribution in [1.82, 2.24) is 15.1 Å². The van der Waals surface area contributed by atoms with Crippen molar-refractivity contribution in [2.75, 3.05) is 6.54 Å². The van der Waals surface area contributed by atoms with Crippen LogP contribution in [0.15, 0.2) is 54.7 Å². The summed E-state index contributed by atoms with van der Waals surface area (Å²) in [6.07, 6.45) is -8.66. The number of amides is 1. The number of carbonyl (C=O) groups is 1. The number of nitrogens with one attached hydrogen (secondary N) is 1. The van der Waals surface area contributed by atoms with Gasteiger partial charge in [0.2, 0.25) is 0 Å². The van der Waals surface area contributed by atoms with Crippen LogP contribution in [0, 0.1) is 11.8 Å². The smallest absolute Gasteiger partial charge is 0.341 e. The molecule has 1 heterocycles. The van der Waals surface area contributed by atoms with Crippen molar-refractivity contribution in [1.29, 1.82) is 0 Å². The Balaban J connectivity index is 1.78.